The summed E-state index contributed by atoms with van der Waals surface area (Å²) in [5.41, 5.74) is 3.52. The molecule has 1 aliphatic carbocycles. The molecular formula is C25H23ClFNO3. The van der Waals surface area contributed by atoms with Crippen LogP contribution in [0.25, 0.3) is 0 Å². The van der Waals surface area contributed by atoms with Crippen molar-refractivity contribution in [3.05, 3.63) is 94.0 Å². The van der Waals surface area contributed by atoms with Crippen molar-refractivity contribution in [2.75, 3.05) is 6.61 Å². The third-order valence-corrected chi connectivity index (χ3v) is 6.20. The number of carbonyl (C=O) groups is 2. The summed E-state index contributed by atoms with van der Waals surface area (Å²) in [5, 5.41) is 3.87. The second-order valence-corrected chi connectivity index (χ2v) is 8.32. The number of rotatable bonds is 4. The Labute approximate surface area is 185 Å². The first kappa shape index (κ1) is 21.3. The van der Waals surface area contributed by atoms with Gasteiger partial charge in [0.2, 0.25) is 0 Å². The van der Waals surface area contributed by atoms with Crippen molar-refractivity contribution in [1.82, 2.24) is 5.32 Å². The van der Waals surface area contributed by atoms with E-state index in [0.717, 1.165) is 11.3 Å². The van der Waals surface area contributed by atoms with Crippen molar-refractivity contribution in [2.45, 2.75) is 31.6 Å². The largest absolute Gasteiger partial charge is 0.465 e. The maximum atomic E-state index is 13.6. The minimum Gasteiger partial charge on any atom is -0.465 e. The van der Waals surface area contributed by atoms with Crippen LogP contribution in [0, 0.1) is 11.7 Å². The van der Waals surface area contributed by atoms with Crippen LogP contribution in [0.3, 0.4) is 0 Å². The number of ether oxygens (including phenoxy) is 1. The fourth-order valence-electron chi connectivity index (χ4n) is 4.56. The number of ketones is 1. The molecule has 3 atom stereocenters. The van der Waals surface area contributed by atoms with Crippen LogP contribution < -0.4 is 5.32 Å². The van der Waals surface area contributed by atoms with Gasteiger partial charge in [0.15, 0.2) is 5.78 Å². The van der Waals surface area contributed by atoms with Gasteiger partial charge in [0, 0.05) is 34.3 Å². The molecule has 1 aliphatic heterocycles. The molecule has 0 saturated carbocycles. The van der Waals surface area contributed by atoms with Gasteiger partial charge < -0.3 is 10.1 Å². The van der Waals surface area contributed by atoms with Gasteiger partial charge >= 0.3 is 5.97 Å². The van der Waals surface area contributed by atoms with Crippen LogP contribution in [0.2, 0.25) is 5.02 Å². The van der Waals surface area contributed by atoms with Gasteiger partial charge in [-0.05, 0) is 54.7 Å². The summed E-state index contributed by atoms with van der Waals surface area (Å²) in [7, 11) is 0. The quantitative estimate of drug-likeness (QED) is 0.660. The van der Waals surface area contributed by atoms with Gasteiger partial charge in [0.1, 0.15) is 11.7 Å². The lowest BCUT2D eigenvalue weighted by Gasteiger charge is -2.40. The van der Waals surface area contributed by atoms with Gasteiger partial charge in [0.05, 0.1) is 6.61 Å². The molecule has 1 N–H and O–H groups in total. The molecule has 4 nitrogen and oxygen atoms in total. The highest BCUT2D eigenvalue weighted by Crippen LogP contribution is 2.47. The monoisotopic (exact) mass is 439 g/mol. The van der Waals surface area contributed by atoms with Crippen molar-refractivity contribution in [1.29, 1.82) is 0 Å². The van der Waals surface area contributed by atoms with Crippen molar-refractivity contribution < 1.29 is 18.7 Å². The SMILES string of the molecule is C=C1NC2=C(C(=O)CC(c3ccc(Cl)cc3)C2)C(c2ccc(F)cc2)C1C(=O)OCC. The first-order chi connectivity index (χ1) is 14.9. The smallest absolute Gasteiger partial charge is 0.315 e. The van der Waals surface area contributed by atoms with Gasteiger partial charge in [-0.2, -0.15) is 0 Å². The van der Waals surface area contributed by atoms with E-state index < -0.39 is 17.8 Å². The molecule has 31 heavy (non-hydrogen) atoms. The minimum atomic E-state index is -0.764. The Bertz CT molecular complexity index is 1060. The Hall–Kier alpha value is -2.92. The number of esters is 1. The number of halogens is 2. The maximum Gasteiger partial charge on any atom is 0.315 e. The molecule has 2 aromatic carbocycles. The number of hydrogen-bond acceptors (Lipinski definition) is 4. The molecule has 6 heteroatoms. The maximum absolute atomic E-state index is 13.6. The second kappa shape index (κ2) is 8.67. The lowest BCUT2D eigenvalue weighted by atomic mass is 9.69. The Morgan fingerprint density at radius 3 is 2.42 bits per heavy atom. The highest BCUT2D eigenvalue weighted by atomic mass is 35.5. The van der Waals surface area contributed by atoms with Crippen molar-refractivity contribution in [3.63, 3.8) is 0 Å². The predicted octanol–water partition coefficient (Wildman–Crippen LogP) is 5.26. The molecule has 0 bridgehead atoms. The first-order valence-corrected chi connectivity index (χ1v) is 10.7. The molecule has 0 amide bonds. The molecule has 2 aromatic rings. The average Bonchev–Trinajstić information content (AvgIpc) is 2.74. The Morgan fingerprint density at radius 1 is 1.13 bits per heavy atom. The summed E-state index contributed by atoms with van der Waals surface area (Å²) >= 11 is 6.01. The van der Waals surface area contributed by atoms with E-state index in [1.54, 1.807) is 19.1 Å². The highest BCUT2D eigenvalue weighted by Gasteiger charge is 2.45. The molecule has 3 unspecified atom stereocenters. The van der Waals surface area contributed by atoms with Crippen molar-refractivity contribution in [2.24, 2.45) is 5.92 Å². The zero-order valence-electron chi connectivity index (χ0n) is 17.2. The third-order valence-electron chi connectivity index (χ3n) is 5.95. The standard InChI is InChI=1S/C25H23ClFNO3/c1-3-31-25(30)22-14(2)28-20-12-17(15-4-8-18(26)9-5-15)13-21(29)24(20)23(22)16-6-10-19(27)11-7-16/h4-11,17,22-23,28H,2-3,12-13H2,1H3. The van der Waals surface area contributed by atoms with E-state index in [-0.39, 0.29) is 24.1 Å². The fraction of sp³-hybridized carbons (Fsp3) is 0.280. The van der Waals surface area contributed by atoms with Crippen molar-refractivity contribution in [3.8, 4) is 0 Å². The lowest BCUT2D eigenvalue weighted by Crippen LogP contribution is -2.42. The Kier molecular flexibility index (Phi) is 5.96. The number of carbonyl (C=O) groups excluding carboxylic acids is 2. The average molecular weight is 440 g/mol. The molecule has 0 saturated heterocycles. The molecule has 1 heterocycles. The normalized spacial score (nSPS) is 23.3. The predicted molar refractivity (Wildman–Crippen MR) is 117 cm³/mol. The van der Waals surface area contributed by atoms with Gasteiger partial charge in [-0.1, -0.05) is 42.4 Å². The first-order valence-electron chi connectivity index (χ1n) is 10.3. The van der Waals surface area contributed by atoms with Crippen LogP contribution in [0.1, 0.15) is 42.7 Å². The van der Waals surface area contributed by atoms with Crippen LogP contribution in [-0.4, -0.2) is 18.4 Å². The molecule has 0 spiro atoms. The number of benzene rings is 2. The molecule has 160 valence electrons. The minimum absolute atomic E-state index is 0.00294. The van der Waals surface area contributed by atoms with Gasteiger partial charge in [-0.25, -0.2) is 4.39 Å². The molecule has 4 rings (SSSR count). The van der Waals surface area contributed by atoms with E-state index in [1.807, 2.05) is 24.3 Å². The lowest BCUT2D eigenvalue weighted by molar-refractivity contribution is -0.147. The summed E-state index contributed by atoms with van der Waals surface area (Å²) in [6.07, 6.45) is 0.927. The van der Waals surface area contributed by atoms with Crippen molar-refractivity contribution >= 4 is 23.4 Å². The molecular weight excluding hydrogens is 417 g/mol. The van der Waals surface area contributed by atoms with E-state index in [9.17, 15) is 14.0 Å². The van der Waals surface area contributed by atoms with E-state index in [2.05, 4.69) is 11.9 Å². The van der Waals surface area contributed by atoms with Crippen LogP contribution in [0.5, 0.6) is 0 Å². The number of hydrogen-bond donors (Lipinski definition) is 1. The molecule has 0 aromatic heterocycles. The number of allylic oxidation sites excluding steroid dienone is 2. The summed E-state index contributed by atoms with van der Waals surface area (Å²) < 4.78 is 18.9. The molecule has 0 radical (unpaired) electrons. The van der Waals surface area contributed by atoms with E-state index in [0.29, 0.717) is 34.7 Å². The highest BCUT2D eigenvalue weighted by molar-refractivity contribution is 6.30. The molecule has 0 fully saturated rings. The van der Waals surface area contributed by atoms with E-state index in [4.69, 9.17) is 16.3 Å². The summed E-state index contributed by atoms with van der Waals surface area (Å²) in [5.74, 6) is -2.20. The summed E-state index contributed by atoms with van der Waals surface area (Å²) in [4.78, 5) is 26.2. The van der Waals surface area contributed by atoms with Crippen LogP contribution >= 0.6 is 11.6 Å². The summed E-state index contributed by atoms with van der Waals surface area (Å²) in [6.45, 7) is 6.02. The Balaban J connectivity index is 1.78. The third kappa shape index (κ3) is 4.15. The van der Waals surface area contributed by atoms with Crippen LogP contribution in [0.4, 0.5) is 4.39 Å². The topological polar surface area (TPSA) is 55.4 Å². The van der Waals surface area contributed by atoms with Crippen LogP contribution in [-0.2, 0) is 14.3 Å². The van der Waals surface area contributed by atoms with E-state index in [1.165, 1.54) is 12.1 Å². The van der Waals surface area contributed by atoms with E-state index >= 15 is 0 Å². The zero-order chi connectivity index (χ0) is 22.1. The van der Waals surface area contributed by atoms with Gasteiger partial charge in [0.25, 0.3) is 0 Å². The van der Waals surface area contributed by atoms with Gasteiger partial charge in [-0.15, -0.1) is 0 Å². The fourth-order valence-corrected chi connectivity index (χ4v) is 4.69. The number of nitrogens with one attached hydrogen (secondary N) is 1. The second-order valence-electron chi connectivity index (χ2n) is 7.88. The summed E-state index contributed by atoms with van der Waals surface area (Å²) in [6, 6.07) is 13.4. The zero-order valence-corrected chi connectivity index (χ0v) is 17.9. The molecule has 2 aliphatic rings. The Morgan fingerprint density at radius 2 is 1.77 bits per heavy atom. The van der Waals surface area contributed by atoms with Crippen LogP contribution in [0.15, 0.2) is 72.1 Å². The number of Topliss-reactive ketones (excluding diaryl/α,β-unsaturated/α-hetero) is 1. The van der Waals surface area contributed by atoms with Gasteiger partial charge in [-0.3, -0.25) is 9.59 Å².